The van der Waals surface area contributed by atoms with Gasteiger partial charge < -0.3 is 25.0 Å². The van der Waals surface area contributed by atoms with Crippen molar-refractivity contribution in [1.29, 1.82) is 0 Å². The summed E-state index contributed by atoms with van der Waals surface area (Å²) in [6.07, 6.45) is 1.00. The van der Waals surface area contributed by atoms with Crippen LogP contribution in [0.2, 0.25) is 0 Å². The molecule has 0 aliphatic carbocycles. The van der Waals surface area contributed by atoms with Gasteiger partial charge in [0.2, 0.25) is 0 Å². The van der Waals surface area contributed by atoms with Gasteiger partial charge in [-0.3, -0.25) is 9.59 Å². The summed E-state index contributed by atoms with van der Waals surface area (Å²) in [5.74, 6) is 2.01. The second-order valence-electron chi connectivity index (χ2n) is 9.18. The minimum atomic E-state index is -0.296. The molecule has 5 rings (SSSR count). The molecule has 1 fully saturated rings. The lowest BCUT2D eigenvalue weighted by atomic mass is 9.93. The molecule has 0 bridgehead atoms. The van der Waals surface area contributed by atoms with Crippen LogP contribution in [-0.4, -0.2) is 48.4 Å². The summed E-state index contributed by atoms with van der Waals surface area (Å²) < 4.78 is 10.4. The van der Waals surface area contributed by atoms with E-state index in [2.05, 4.69) is 15.5 Å². The number of benzene rings is 3. The maximum atomic E-state index is 13.6. The van der Waals surface area contributed by atoms with Crippen molar-refractivity contribution in [2.45, 2.75) is 19.4 Å². The van der Waals surface area contributed by atoms with Crippen LogP contribution in [0.25, 0.3) is 0 Å². The third kappa shape index (κ3) is 5.78. The van der Waals surface area contributed by atoms with E-state index in [0.29, 0.717) is 34.0 Å². The Morgan fingerprint density at radius 1 is 0.846 bits per heavy atom. The van der Waals surface area contributed by atoms with Crippen molar-refractivity contribution in [3.05, 3.63) is 95.2 Å². The van der Waals surface area contributed by atoms with E-state index in [1.54, 1.807) is 50.2 Å². The highest BCUT2D eigenvalue weighted by Gasteiger charge is 2.37. The normalized spacial score (nSPS) is 16.6. The van der Waals surface area contributed by atoms with Crippen molar-refractivity contribution >= 4 is 40.1 Å². The number of hydrogen-bond donors (Lipinski definition) is 2. The molecule has 3 aromatic rings. The van der Waals surface area contributed by atoms with Gasteiger partial charge >= 0.3 is 0 Å². The first kappa shape index (κ1) is 26.4. The molecule has 2 aliphatic rings. The molecule has 2 heterocycles. The second kappa shape index (κ2) is 11.7. The van der Waals surface area contributed by atoms with Crippen LogP contribution in [-0.2, 0) is 4.79 Å². The fraction of sp³-hybridized carbons (Fsp3) is 0.233. The Labute approximate surface area is 232 Å². The van der Waals surface area contributed by atoms with E-state index in [4.69, 9.17) is 14.5 Å². The summed E-state index contributed by atoms with van der Waals surface area (Å²) in [6, 6.07) is 21.6. The van der Waals surface area contributed by atoms with Crippen LogP contribution in [0.5, 0.6) is 11.5 Å². The zero-order chi connectivity index (χ0) is 27.4. The Morgan fingerprint density at radius 2 is 1.41 bits per heavy atom. The number of carbonyl (C=O) groups excluding carboxylic acids is 2. The van der Waals surface area contributed by atoms with Gasteiger partial charge in [-0.1, -0.05) is 23.9 Å². The average Bonchev–Trinajstić information content (AvgIpc) is 2.97. The quantitative estimate of drug-likeness (QED) is 0.397. The number of allylic oxidation sites excluding steroid dienone is 1. The number of thioether (sulfide) groups is 1. The predicted octanol–water partition coefficient (Wildman–Crippen LogP) is 5.72. The number of anilines is 2. The lowest BCUT2D eigenvalue weighted by Crippen LogP contribution is -2.43. The molecule has 200 valence electrons. The third-order valence-electron chi connectivity index (χ3n) is 6.69. The number of methoxy groups -OCH3 is 2. The number of ether oxygens (including phenoxy) is 2. The first-order chi connectivity index (χ1) is 19.0. The monoisotopic (exact) mass is 542 g/mol. The molecule has 1 atom stereocenters. The average molecular weight is 543 g/mol. The molecular formula is C30H30N4O4S. The van der Waals surface area contributed by atoms with Gasteiger partial charge in [-0.2, -0.15) is 0 Å². The summed E-state index contributed by atoms with van der Waals surface area (Å²) >= 11 is 1.71. The molecule has 0 radical (unpaired) electrons. The van der Waals surface area contributed by atoms with Crippen molar-refractivity contribution < 1.29 is 19.1 Å². The number of nitrogens with zero attached hydrogens (tertiary/aromatic N) is 2. The fourth-order valence-corrected chi connectivity index (χ4v) is 5.69. The van der Waals surface area contributed by atoms with Gasteiger partial charge in [0.05, 0.1) is 31.5 Å². The molecule has 0 aromatic heterocycles. The van der Waals surface area contributed by atoms with Crippen molar-refractivity contribution in [2.24, 2.45) is 4.99 Å². The molecule has 3 aromatic carbocycles. The van der Waals surface area contributed by atoms with Crippen LogP contribution in [0.3, 0.4) is 0 Å². The van der Waals surface area contributed by atoms with E-state index in [1.165, 1.54) is 0 Å². The van der Waals surface area contributed by atoms with E-state index in [9.17, 15) is 9.59 Å². The molecule has 0 saturated carbocycles. The maximum absolute atomic E-state index is 13.6. The molecule has 2 amide bonds. The molecule has 9 heteroatoms. The van der Waals surface area contributed by atoms with E-state index in [0.717, 1.165) is 35.2 Å². The van der Waals surface area contributed by atoms with E-state index in [1.807, 2.05) is 55.5 Å². The van der Waals surface area contributed by atoms with Crippen LogP contribution in [0.15, 0.2) is 89.1 Å². The number of fused-ring (bicyclic) bond motifs is 1. The molecular weight excluding hydrogens is 512 g/mol. The highest BCUT2D eigenvalue weighted by Crippen LogP contribution is 2.40. The highest BCUT2D eigenvalue weighted by atomic mass is 32.2. The van der Waals surface area contributed by atoms with Crippen molar-refractivity contribution in [2.75, 3.05) is 37.2 Å². The SMILES string of the molecule is COc1ccc(NC(=O)C2=C(C)N=C3SCCCN3C2c2ccc(NC(=O)c3ccc(OC)cc3)cc2)cc1. The summed E-state index contributed by atoms with van der Waals surface area (Å²) in [6.45, 7) is 2.69. The van der Waals surface area contributed by atoms with Gasteiger partial charge in [0.15, 0.2) is 5.17 Å². The number of hydrogen-bond acceptors (Lipinski definition) is 7. The number of rotatable bonds is 7. The van der Waals surface area contributed by atoms with Crippen LogP contribution >= 0.6 is 11.8 Å². The molecule has 2 N–H and O–H groups in total. The Hall–Kier alpha value is -4.24. The van der Waals surface area contributed by atoms with E-state index >= 15 is 0 Å². The summed E-state index contributed by atoms with van der Waals surface area (Å²) in [7, 11) is 3.20. The Morgan fingerprint density at radius 3 is 2.03 bits per heavy atom. The van der Waals surface area contributed by atoms with Crippen molar-refractivity contribution in [3.63, 3.8) is 0 Å². The number of aliphatic imine (C=N–C) groups is 1. The largest absolute Gasteiger partial charge is 0.497 e. The van der Waals surface area contributed by atoms with Crippen LogP contribution in [0.1, 0.15) is 35.3 Å². The van der Waals surface area contributed by atoms with Gasteiger partial charge in [-0.05, 0) is 79.6 Å². The molecule has 39 heavy (non-hydrogen) atoms. The van der Waals surface area contributed by atoms with Gasteiger partial charge in [-0.15, -0.1) is 0 Å². The van der Waals surface area contributed by atoms with Gasteiger partial charge in [0.1, 0.15) is 11.5 Å². The summed E-state index contributed by atoms with van der Waals surface area (Å²) in [5.41, 5.74) is 4.14. The zero-order valence-corrected chi connectivity index (χ0v) is 22.9. The number of carbonyl (C=O) groups is 2. The van der Waals surface area contributed by atoms with Crippen LogP contribution in [0.4, 0.5) is 11.4 Å². The van der Waals surface area contributed by atoms with Crippen molar-refractivity contribution in [3.8, 4) is 11.5 Å². The lowest BCUT2D eigenvalue weighted by Gasteiger charge is -2.41. The van der Waals surface area contributed by atoms with E-state index in [-0.39, 0.29) is 17.9 Å². The fourth-order valence-electron chi connectivity index (χ4n) is 4.67. The maximum Gasteiger partial charge on any atom is 0.255 e. The Balaban J connectivity index is 1.40. The zero-order valence-electron chi connectivity index (χ0n) is 22.1. The minimum Gasteiger partial charge on any atom is -0.497 e. The standard InChI is InChI=1S/C30H30N4O4S/c1-19-26(29(36)33-23-11-15-25(38-3)16-12-23)27(34-17-4-18-39-30(34)31-19)20-5-9-22(10-6-20)32-28(35)21-7-13-24(37-2)14-8-21/h5-16,27H,4,17-18H2,1-3H3,(H,32,35)(H,33,36). The van der Waals surface area contributed by atoms with Gasteiger partial charge in [0, 0.05) is 29.2 Å². The second-order valence-corrected chi connectivity index (χ2v) is 10.2. The van der Waals surface area contributed by atoms with Gasteiger partial charge in [0.25, 0.3) is 11.8 Å². The Bertz CT molecular complexity index is 1420. The van der Waals surface area contributed by atoms with Crippen molar-refractivity contribution in [1.82, 2.24) is 4.90 Å². The van der Waals surface area contributed by atoms with E-state index < -0.39 is 0 Å². The highest BCUT2D eigenvalue weighted by molar-refractivity contribution is 8.13. The minimum absolute atomic E-state index is 0.196. The molecule has 1 unspecified atom stereocenters. The number of nitrogens with one attached hydrogen (secondary N) is 2. The first-order valence-electron chi connectivity index (χ1n) is 12.7. The van der Waals surface area contributed by atoms with Gasteiger partial charge in [-0.25, -0.2) is 4.99 Å². The molecule has 2 aliphatic heterocycles. The molecule has 0 spiro atoms. The smallest absolute Gasteiger partial charge is 0.255 e. The number of amides is 2. The predicted molar refractivity (Wildman–Crippen MR) is 156 cm³/mol. The van der Waals surface area contributed by atoms with Crippen LogP contribution < -0.4 is 20.1 Å². The molecule has 8 nitrogen and oxygen atoms in total. The first-order valence-corrected chi connectivity index (χ1v) is 13.6. The molecule has 1 saturated heterocycles. The van der Waals surface area contributed by atoms with Crippen LogP contribution in [0, 0.1) is 0 Å². The summed E-state index contributed by atoms with van der Waals surface area (Å²) in [5, 5.41) is 6.91. The Kier molecular flexibility index (Phi) is 7.88. The lowest BCUT2D eigenvalue weighted by molar-refractivity contribution is -0.113. The third-order valence-corrected chi connectivity index (χ3v) is 7.76. The summed E-state index contributed by atoms with van der Waals surface area (Å²) in [4.78, 5) is 33.4. The number of amidine groups is 1. The topological polar surface area (TPSA) is 92.3 Å².